The molecule has 5 amide bonds. The molecule has 19 nitrogen and oxygen atoms in total. The van der Waals surface area contributed by atoms with Gasteiger partial charge in [-0.05, 0) is 148 Å². The maximum atomic E-state index is 12.8. The van der Waals surface area contributed by atoms with Crippen LogP contribution in [0.2, 0.25) is 0 Å². The number of allylic oxidation sites excluding steroid dienone is 1. The average Bonchev–Trinajstić information content (AvgIpc) is 3.82. The number of urea groups is 1. The van der Waals surface area contributed by atoms with Crippen LogP contribution in [-0.2, 0) is 33.3 Å². The van der Waals surface area contributed by atoms with Gasteiger partial charge in [-0.15, -0.1) is 0 Å². The molecule has 0 radical (unpaired) electrons. The Labute approximate surface area is 449 Å². The fraction of sp³-hybridized carbons (Fsp3) is 0.737. The number of hydrogen-bond acceptors (Lipinski definition) is 11. The summed E-state index contributed by atoms with van der Waals surface area (Å²) < 4.78 is 22.8. The standard InChI is InChI=1S/C57H89N5O14/c1-37(2)10-8-11-38(3)44-19-20-45-43-18-17-41-36-42(23-25-56(41,4)46(43)24-26-57(44,45)5)76-55(72)60-28-9-30-73-32-34-75-35-33-74-31-29-59-51(66)40-15-13-39(14-16-40)50(65)58-27-7-6-12-47(52(67)68)61-54(71)62-48(53(69)70)21-22-49(63)64/h13-17,37-38,42-48H,6-12,18-36H2,1-5H3,(H,58,65)(H,59,66)(H,60,72)(H,63,64)(H,67,68)(H,69,70)(H2,61,62,71). The Kier molecular flexibility index (Phi) is 24.8. The second-order valence-corrected chi connectivity index (χ2v) is 22.6. The molecular formula is C57H89N5O14. The lowest BCUT2D eigenvalue weighted by atomic mass is 9.47. The predicted octanol–water partition coefficient (Wildman–Crippen LogP) is 7.96. The largest absolute Gasteiger partial charge is 0.481 e. The highest BCUT2D eigenvalue weighted by molar-refractivity contribution is 5.97. The zero-order valence-corrected chi connectivity index (χ0v) is 45.8. The van der Waals surface area contributed by atoms with Crippen molar-refractivity contribution in [3.8, 4) is 0 Å². The van der Waals surface area contributed by atoms with Gasteiger partial charge in [0, 0.05) is 50.2 Å². The Morgan fingerprint density at radius 3 is 1.87 bits per heavy atom. The van der Waals surface area contributed by atoms with Crippen LogP contribution in [0.3, 0.4) is 0 Å². The molecule has 76 heavy (non-hydrogen) atoms. The molecule has 0 aromatic heterocycles. The quantitative estimate of drug-likeness (QED) is 0.0245. The van der Waals surface area contributed by atoms with Gasteiger partial charge >= 0.3 is 30.0 Å². The summed E-state index contributed by atoms with van der Waals surface area (Å²) in [6.07, 6.45) is 16.2. The van der Waals surface area contributed by atoms with E-state index in [0.29, 0.717) is 75.4 Å². The smallest absolute Gasteiger partial charge is 0.407 e. The number of rotatable bonds is 33. The van der Waals surface area contributed by atoms with Crippen LogP contribution in [-0.4, -0.2) is 135 Å². The molecule has 10 atom stereocenters. The van der Waals surface area contributed by atoms with Crippen molar-refractivity contribution >= 4 is 41.8 Å². The van der Waals surface area contributed by atoms with E-state index >= 15 is 0 Å². The number of unbranched alkanes of at least 4 members (excludes halogenated alkanes) is 1. The van der Waals surface area contributed by atoms with Crippen LogP contribution in [0.5, 0.6) is 0 Å². The number of amides is 5. The molecule has 10 unspecified atom stereocenters. The van der Waals surface area contributed by atoms with Crippen LogP contribution < -0.4 is 26.6 Å². The molecule has 0 spiro atoms. The second-order valence-electron chi connectivity index (χ2n) is 22.6. The van der Waals surface area contributed by atoms with Crippen LogP contribution >= 0.6 is 0 Å². The zero-order valence-electron chi connectivity index (χ0n) is 45.8. The Morgan fingerprint density at radius 2 is 1.24 bits per heavy atom. The van der Waals surface area contributed by atoms with E-state index in [1.165, 1.54) is 81.2 Å². The zero-order chi connectivity index (χ0) is 55.3. The number of carbonyl (C=O) groups is 7. The van der Waals surface area contributed by atoms with Crippen molar-refractivity contribution in [3.63, 3.8) is 0 Å². The Bertz CT molecular complexity index is 2100. The molecule has 0 aliphatic heterocycles. The molecule has 1 aromatic carbocycles. The molecule has 3 fully saturated rings. The van der Waals surface area contributed by atoms with Crippen LogP contribution in [0, 0.1) is 46.3 Å². The minimum atomic E-state index is -1.51. The van der Waals surface area contributed by atoms with Gasteiger partial charge in [-0.3, -0.25) is 14.4 Å². The molecule has 0 saturated heterocycles. The SMILES string of the molecule is CC(C)CCCC(C)C1CCC2C3CC=C4CC(OC(=O)NCCCOCCOCCOCCNC(=O)c5ccc(C(=O)NCCCCC(NC(=O)NC(CCC(=O)O)C(=O)O)C(=O)O)cc5)CCC4(C)C3CCC12C. The Hall–Kier alpha value is -5.27. The van der Waals surface area contributed by atoms with E-state index in [9.17, 15) is 43.8 Å². The van der Waals surface area contributed by atoms with E-state index in [1.54, 1.807) is 0 Å². The van der Waals surface area contributed by atoms with Crippen molar-refractivity contribution in [2.45, 2.75) is 162 Å². The normalized spacial score (nSPS) is 24.8. The van der Waals surface area contributed by atoms with Gasteiger partial charge < -0.3 is 60.9 Å². The van der Waals surface area contributed by atoms with Crippen molar-refractivity contribution < 1.29 is 67.8 Å². The van der Waals surface area contributed by atoms with Crippen LogP contribution in [0.25, 0.3) is 0 Å². The average molecular weight is 1070 g/mol. The summed E-state index contributed by atoms with van der Waals surface area (Å²) >= 11 is 0. The molecule has 426 valence electrons. The van der Waals surface area contributed by atoms with Gasteiger partial charge in [0.2, 0.25) is 0 Å². The van der Waals surface area contributed by atoms with Gasteiger partial charge in [-0.25, -0.2) is 19.2 Å². The molecule has 4 aliphatic rings. The first-order chi connectivity index (χ1) is 36.3. The van der Waals surface area contributed by atoms with Crippen LogP contribution in [0.1, 0.15) is 164 Å². The predicted molar refractivity (Wildman–Crippen MR) is 285 cm³/mol. The van der Waals surface area contributed by atoms with Crippen molar-refractivity contribution in [1.82, 2.24) is 26.6 Å². The molecule has 1 aromatic rings. The number of ether oxygens (including phenoxy) is 4. The lowest BCUT2D eigenvalue weighted by Crippen LogP contribution is -2.51. The fourth-order valence-electron chi connectivity index (χ4n) is 12.9. The third-order valence-electron chi connectivity index (χ3n) is 17.0. The van der Waals surface area contributed by atoms with Gasteiger partial charge in [0.05, 0.1) is 33.0 Å². The number of nitrogens with one attached hydrogen (secondary N) is 5. The summed E-state index contributed by atoms with van der Waals surface area (Å²) in [7, 11) is 0. The first-order valence-corrected chi connectivity index (χ1v) is 28.1. The van der Waals surface area contributed by atoms with E-state index < -0.39 is 48.4 Å². The summed E-state index contributed by atoms with van der Waals surface area (Å²) in [5.74, 6) is 0.0558. The number of alkyl carbamates (subject to hydrolysis) is 1. The number of hydrogen-bond donors (Lipinski definition) is 8. The lowest BCUT2D eigenvalue weighted by Gasteiger charge is -2.58. The van der Waals surface area contributed by atoms with E-state index in [-0.39, 0.29) is 56.1 Å². The first-order valence-electron chi connectivity index (χ1n) is 28.1. The van der Waals surface area contributed by atoms with Crippen molar-refractivity contribution in [2.75, 3.05) is 59.3 Å². The van der Waals surface area contributed by atoms with Crippen LogP contribution in [0.15, 0.2) is 35.9 Å². The maximum absolute atomic E-state index is 12.8. The van der Waals surface area contributed by atoms with Crippen molar-refractivity contribution in [3.05, 3.63) is 47.0 Å². The fourth-order valence-corrected chi connectivity index (χ4v) is 12.9. The number of carboxylic acids is 3. The van der Waals surface area contributed by atoms with Gasteiger partial charge in [-0.2, -0.15) is 0 Å². The third-order valence-corrected chi connectivity index (χ3v) is 17.0. The molecule has 3 saturated carbocycles. The summed E-state index contributed by atoms with van der Waals surface area (Å²) in [6.45, 7) is 15.6. The molecule has 5 rings (SSSR count). The monoisotopic (exact) mass is 1070 g/mol. The number of carboxylic acid groups (broad SMARTS) is 3. The molecule has 4 aliphatic carbocycles. The van der Waals surface area contributed by atoms with Crippen molar-refractivity contribution in [2.24, 2.45) is 46.3 Å². The molecule has 19 heteroatoms. The molecule has 8 N–H and O–H groups in total. The lowest BCUT2D eigenvalue weighted by molar-refractivity contribution is -0.140. The highest BCUT2D eigenvalue weighted by atomic mass is 16.6. The molecule has 0 bridgehead atoms. The maximum Gasteiger partial charge on any atom is 0.407 e. The van der Waals surface area contributed by atoms with E-state index in [2.05, 4.69) is 67.3 Å². The van der Waals surface area contributed by atoms with Gasteiger partial charge in [-0.1, -0.05) is 65.5 Å². The summed E-state index contributed by atoms with van der Waals surface area (Å²) in [6, 6.07) is 2.15. The first kappa shape index (κ1) is 61.6. The minimum absolute atomic E-state index is 0.00963. The van der Waals surface area contributed by atoms with Gasteiger partial charge in [0.15, 0.2) is 0 Å². The second kappa shape index (κ2) is 30.6. The van der Waals surface area contributed by atoms with Gasteiger partial charge in [0.25, 0.3) is 11.8 Å². The van der Waals surface area contributed by atoms with E-state index in [4.69, 9.17) is 24.1 Å². The van der Waals surface area contributed by atoms with E-state index in [1.807, 2.05) is 0 Å². The minimum Gasteiger partial charge on any atom is -0.481 e. The number of carbonyl (C=O) groups excluding carboxylic acids is 4. The number of fused-ring (bicyclic) bond motifs is 5. The third kappa shape index (κ3) is 18.4. The van der Waals surface area contributed by atoms with E-state index in [0.717, 1.165) is 54.8 Å². The summed E-state index contributed by atoms with van der Waals surface area (Å²) in [4.78, 5) is 83.9. The highest BCUT2D eigenvalue weighted by Crippen LogP contribution is 2.67. The molecular weight excluding hydrogens is 979 g/mol. The number of aliphatic carboxylic acids is 3. The Morgan fingerprint density at radius 1 is 0.632 bits per heavy atom. The summed E-state index contributed by atoms with van der Waals surface area (Å²) in [5, 5.41) is 40.1. The highest BCUT2D eigenvalue weighted by Gasteiger charge is 2.59. The summed E-state index contributed by atoms with van der Waals surface area (Å²) in [5.41, 5.74) is 2.89. The molecule has 0 heterocycles. The van der Waals surface area contributed by atoms with Crippen LogP contribution in [0.4, 0.5) is 9.59 Å². The Balaban J connectivity index is 0.836. The van der Waals surface area contributed by atoms with Gasteiger partial charge in [0.1, 0.15) is 18.2 Å². The van der Waals surface area contributed by atoms with Crippen molar-refractivity contribution in [1.29, 1.82) is 0 Å². The topological polar surface area (TPSA) is 277 Å². The number of benzene rings is 1.